The number of rotatable bonds is 16. The first-order chi connectivity index (χ1) is 12.5. The number of phosphoric ester groups is 1. The van der Waals surface area contributed by atoms with Crippen molar-refractivity contribution in [2.24, 2.45) is 0 Å². The predicted molar refractivity (Wildman–Crippen MR) is 106 cm³/mol. The molecule has 0 aliphatic heterocycles. The molecule has 0 fully saturated rings. The van der Waals surface area contributed by atoms with Gasteiger partial charge in [0, 0.05) is 6.07 Å². The summed E-state index contributed by atoms with van der Waals surface area (Å²) >= 11 is 0. The van der Waals surface area contributed by atoms with Crippen LogP contribution in [0.2, 0.25) is 0 Å². The van der Waals surface area contributed by atoms with E-state index in [1.54, 1.807) is 12.1 Å². The topological polar surface area (TPSA) is 76.0 Å². The molecular formula is C20H35O5P. The standard InChI is InChI=1S/C20H35O5P/c1-2-3-4-5-6-7-8-9-10-11-12-13-17-24-19-15-14-16-20(18-19)25-26(21,22)23/h14-16,18H,2-13,17H2,1H3,(H2,21,22,23). The van der Waals surface area contributed by atoms with Gasteiger partial charge in [-0.25, -0.2) is 4.57 Å². The lowest BCUT2D eigenvalue weighted by Crippen LogP contribution is -1.98. The fourth-order valence-electron chi connectivity index (χ4n) is 2.89. The van der Waals surface area contributed by atoms with Crippen LogP contribution in [0.5, 0.6) is 11.5 Å². The minimum Gasteiger partial charge on any atom is -0.493 e. The molecule has 0 bridgehead atoms. The van der Waals surface area contributed by atoms with Gasteiger partial charge in [-0.1, -0.05) is 83.6 Å². The average Bonchev–Trinajstić information content (AvgIpc) is 2.58. The summed E-state index contributed by atoms with van der Waals surface area (Å²) in [6, 6.07) is 6.41. The fourth-order valence-corrected chi connectivity index (χ4v) is 3.28. The molecule has 0 saturated heterocycles. The summed E-state index contributed by atoms with van der Waals surface area (Å²) in [5.41, 5.74) is 0. The molecule has 150 valence electrons. The van der Waals surface area contributed by atoms with Crippen LogP contribution in [0.25, 0.3) is 0 Å². The lowest BCUT2D eigenvalue weighted by atomic mass is 10.1. The minimum absolute atomic E-state index is 0.116. The molecule has 0 heterocycles. The molecule has 0 saturated carbocycles. The largest absolute Gasteiger partial charge is 0.524 e. The number of hydrogen-bond donors (Lipinski definition) is 2. The van der Waals surface area contributed by atoms with Crippen LogP contribution in [0.3, 0.4) is 0 Å². The van der Waals surface area contributed by atoms with Gasteiger partial charge in [-0.05, 0) is 18.6 Å². The van der Waals surface area contributed by atoms with E-state index in [2.05, 4.69) is 11.4 Å². The second kappa shape index (κ2) is 14.1. The Bertz CT molecular complexity index is 515. The quantitative estimate of drug-likeness (QED) is 0.260. The third kappa shape index (κ3) is 13.2. The summed E-state index contributed by atoms with van der Waals surface area (Å²) in [6.07, 6.45) is 15.6. The molecule has 0 unspecified atom stereocenters. The maximum Gasteiger partial charge on any atom is 0.524 e. The van der Waals surface area contributed by atoms with E-state index in [1.807, 2.05) is 0 Å². The first-order valence-corrected chi connectivity index (χ1v) is 11.5. The highest BCUT2D eigenvalue weighted by molar-refractivity contribution is 7.46. The van der Waals surface area contributed by atoms with Gasteiger partial charge in [-0.2, -0.15) is 0 Å². The molecule has 2 N–H and O–H groups in total. The molecule has 1 aromatic carbocycles. The summed E-state index contributed by atoms with van der Waals surface area (Å²) in [4.78, 5) is 17.6. The highest BCUT2D eigenvalue weighted by atomic mass is 31.2. The van der Waals surface area contributed by atoms with E-state index in [9.17, 15) is 4.57 Å². The molecule has 5 nitrogen and oxygen atoms in total. The van der Waals surface area contributed by atoms with Crippen LogP contribution in [-0.2, 0) is 4.57 Å². The van der Waals surface area contributed by atoms with Crippen molar-refractivity contribution in [3.05, 3.63) is 24.3 Å². The third-order valence-electron chi connectivity index (χ3n) is 4.30. The maximum atomic E-state index is 10.8. The van der Waals surface area contributed by atoms with Crippen molar-refractivity contribution in [2.45, 2.75) is 84.0 Å². The Morgan fingerprint density at radius 1 is 0.808 bits per heavy atom. The molecule has 0 aliphatic rings. The fraction of sp³-hybridized carbons (Fsp3) is 0.700. The molecule has 0 aliphatic carbocycles. The number of ether oxygens (including phenoxy) is 1. The summed E-state index contributed by atoms with van der Waals surface area (Å²) in [7, 11) is -4.52. The first kappa shape index (κ1) is 23.0. The Balaban J connectivity index is 1.98. The molecule has 1 rings (SSSR count). The van der Waals surface area contributed by atoms with E-state index in [-0.39, 0.29) is 5.75 Å². The van der Waals surface area contributed by atoms with Crippen LogP contribution in [0.1, 0.15) is 84.0 Å². The SMILES string of the molecule is CCCCCCCCCCCCCCOc1cccc(OP(=O)(O)O)c1. The number of phosphoric acid groups is 1. The monoisotopic (exact) mass is 386 g/mol. The van der Waals surface area contributed by atoms with Gasteiger partial charge in [0.05, 0.1) is 6.61 Å². The molecule has 26 heavy (non-hydrogen) atoms. The Morgan fingerprint density at radius 2 is 1.31 bits per heavy atom. The summed E-state index contributed by atoms with van der Waals surface area (Å²) < 4.78 is 21.0. The Labute approximate surface area is 158 Å². The van der Waals surface area contributed by atoms with E-state index in [0.29, 0.717) is 12.4 Å². The maximum absolute atomic E-state index is 10.8. The molecule has 0 atom stereocenters. The van der Waals surface area contributed by atoms with Crippen molar-refractivity contribution in [1.82, 2.24) is 0 Å². The Hall–Kier alpha value is -1.03. The summed E-state index contributed by atoms with van der Waals surface area (Å²) in [5, 5.41) is 0. The van der Waals surface area contributed by atoms with Gasteiger partial charge >= 0.3 is 7.82 Å². The molecule has 6 heteroatoms. The van der Waals surface area contributed by atoms with Crippen molar-refractivity contribution in [1.29, 1.82) is 0 Å². The van der Waals surface area contributed by atoms with Crippen molar-refractivity contribution in [2.75, 3.05) is 6.61 Å². The van der Waals surface area contributed by atoms with E-state index < -0.39 is 7.82 Å². The second-order valence-electron chi connectivity index (χ2n) is 6.79. The zero-order valence-corrected chi connectivity index (χ0v) is 17.0. The Morgan fingerprint density at radius 3 is 1.85 bits per heavy atom. The smallest absolute Gasteiger partial charge is 0.493 e. The normalized spacial score (nSPS) is 11.5. The Kier molecular flexibility index (Phi) is 12.5. The number of hydrogen-bond acceptors (Lipinski definition) is 3. The number of unbranched alkanes of at least 4 members (excludes halogenated alkanes) is 11. The van der Waals surface area contributed by atoms with Crippen molar-refractivity contribution >= 4 is 7.82 Å². The zero-order valence-electron chi connectivity index (χ0n) is 16.1. The molecule has 0 amide bonds. The van der Waals surface area contributed by atoms with Gasteiger partial charge in [0.25, 0.3) is 0 Å². The van der Waals surface area contributed by atoms with Gasteiger partial charge in [0.15, 0.2) is 0 Å². The van der Waals surface area contributed by atoms with Crippen LogP contribution in [0.15, 0.2) is 24.3 Å². The molecule has 1 aromatic rings. The summed E-state index contributed by atoms with van der Waals surface area (Å²) in [5.74, 6) is 0.685. The molecule has 0 aromatic heterocycles. The van der Waals surface area contributed by atoms with Crippen molar-refractivity contribution in [3.63, 3.8) is 0 Å². The van der Waals surface area contributed by atoms with Crippen molar-refractivity contribution in [3.8, 4) is 11.5 Å². The molecular weight excluding hydrogens is 351 g/mol. The van der Waals surface area contributed by atoms with Gasteiger partial charge in [-0.15, -0.1) is 0 Å². The van der Waals surface area contributed by atoms with Crippen LogP contribution in [-0.4, -0.2) is 16.4 Å². The van der Waals surface area contributed by atoms with Crippen LogP contribution in [0, 0.1) is 0 Å². The third-order valence-corrected chi connectivity index (χ3v) is 4.75. The van der Waals surface area contributed by atoms with Gasteiger partial charge in [-0.3, -0.25) is 9.79 Å². The summed E-state index contributed by atoms with van der Waals surface area (Å²) in [6.45, 7) is 2.86. The van der Waals surface area contributed by atoms with Gasteiger partial charge in [0.1, 0.15) is 11.5 Å². The van der Waals surface area contributed by atoms with E-state index in [0.717, 1.165) is 12.8 Å². The van der Waals surface area contributed by atoms with Crippen LogP contribution >= 0.6 is 7.82 Å². The average molecular weight is 386 g/mol. The molecule has 0 spiro atoms. The van der Waals surface area contributed by atoms with E-state index in [4.69, 9.17) is 14.5 Å². The highest BCUT2D eigenvalue weighted by Gasteiger charge is 2.15. The first-order valence-electron chi connectivity index (χ1n) is 9.99. The van der Waals surface area contributed by atoms with Crippen molar-refractivity contribution < 1.29 is 23.6 Å². The van der Waals surface area contributed by atoms with Crippen LogP contribution < -0.4 is 9.26 Å². The number of benzene rings is 1. The van der Waals surface area contributed by atoms with E-state index >= 15 is 0 Å². The van der Waals surface area contributed by atoms with E-state index in [1.165, 1.54) is 76.3 Å². The molecule has 0 radical (unpaired) electrons. The van der Waals surface area contributed by atoms with Crippen LogP contribution in [0.4, 0.5) is 0 Å². The highest BCUT2D eigenvalue weighted by Crippen LogP contribution is 2.38. The van der Waals surface area contributed by atoms with Gasteiger partial charge in [0.2, 0.25) is 0 Å². The lowest BCUT2D eigenvalue weighted by molar-refractivity contribution is 0.280. The van der Waals surface area contributed by atoms with Gasteiger partial charge < -0.3 is 9.26 Å². The minimum atomic E-state index is -4.52. The second-order valence-corrected chi connectivity index (χ2v) is 7.96. The predicted octanol–water partition coefficient (Wildman–Crippen LogP) is 6.24. The lowest BCUT2D eigenvalue weighted by Gasteiger charge is -2.09. The zero-order chi connectivity index (χ0) is 19.1.